The van der Waals surface area contributed by atoms with E-state index in [9.17, 15) is 9.59 Å². The molecule has 0 radical (unpaired) electrons. The van der Waals surface area contributed by atoms with E-state index in [0.717, 1.165) is 63.1 Å². The van der Waals surface area contributed by atoms with Gasteiger partial charge in [-0.15, -0.1) is 5.10 Å². The molecule has 1 aliphatic heterocycles. The molecule has 8 nitrogen and oxygen atoms in total. The van der Waals surface area contributed by atoms with Crippen LogP contribution in [0.1, 0.15) is 44.6 Å². The van der Waals surface area contributed by atoms with Gasteiger partial charge in [-0.1, -0.05) is 65.9 Å². The average molecular weight is 503 g/mol. The van der Waals surface area contributed by atoms with Crippen molar-refractivity contribution in [2.75, 3.05) is 19.6 Å². The number of nitrogens with one attached hydrogen (secondary N) is 2. The molecule has 2 amide bonds. The molecule has 196 valence electrons. The molecule has 1 fully saturated rings. The number of unbranched alkanes of at least 4 members (excludes halogenated alkanes) is 1. The zero-order valence-electron chi connectivity index (χ0n) is 21.7. The van der Waals surface area contributed by atoms with Gasteiger partial charge >= 0.3 is 0 Å². The average Bonchev–Trinajstić information content (AvgIpc) is 3.40. The maximum atomic E-state index is 12.9. The van der Waals surface area contributed by atoms with Crippen molar-refractivity contribution >= 4 is 11.8 Å². The second kappa shape index (κ2) is 13.7. The fourth-order valence-corrected chi connectivity index (χ4v) is 4.84. The Hall–Kier alpha value is -3.52. The number of aromatic nitrogens is 3. The van der Waals surface area contributed by atoms with Gasteiger partial charge in [-0.05, 0) is 56.7 Å². The minimum Gasteiger partial charge on any atom is -0.354 e. The SMILES string of the molecule is CC(=O)N[C@@H](CCCCn1cc(-c2ccccc2)nn1)C(=O)NCC1CCN(Cc2ccccc2)CC1. The summed E-state index contributed by atoms with van der Waals surface area (Å²) in [4.78, 5) is 27.1. The molecule has 0 unspecified atom stereocenters. The van der Waals surface area contributed by atoms with Crippen LogP contribution in [0.4, 0.5) is 0 Å². The molecule has 0 aliphatic carbocycles. The summed E-state index contributed by atoms with van der Waals surface area (Å²) in [6, 6.07) is 20.0. The summed E-state index contributed by atoms with van der Waals surface area (Å²) in [6.45, 7) is 5.90. The van der Waals surface area contributed by atoms with Crippen molar-refractivity contribution in [2.45, 2.75) is 58.2 Å². The highest BCUT2D eigenvalue weighted by atomic mass is 16.2. The fraction of sp³-hybridized carbons (Fsp3) is 0.448. The lowest BCUT2D eigenvalue weighted by molar-refractivity contribution is -0.128. The second-order valence-corrected chi connectivity index (χ2v) is 9.93. The van der Waals surface area contributed by atoms with Gasteiger partial charge in [0, 0.05) is 32.1 Å². The topological polar surface area (TPSA) is 92.1 Å². The van der Waals surface area contributed by atoms with E-state index in [0.29, 0.717) is 18.9 Å². The molecule has 2 heterocycles. The molecule has 0 bridgehead atoms. The van der Waals surface area contributed by atoms with Crippen LogP contribution in [0.25, 0.3) is 11.3 Å². The molecular formula is C29H38N6O2. The number of benzene rings is 2. The highest BCUT2D eigenvalue weighted by molar-refractivity contribution is 5.86. The number of carbonyl (C=O) groups excluding carboxylic acids is 2. The van der Waals surface area contributed by atoms with E-state index in [-0.39, 0.29) is 11.8 Å². The molecule has 0 spiro atoms. The van der Waals surface area contributed by atoms with Crippen LogP contribution in [0.3, 0.4) is 0 Å². The third kappa shape index (κ3) is 8.53. The van der Waals surface area contributed by atoms with Gasteiger partial charge in [-0.3, -0.25) is 19.2 Å². The molecule has 1 saturated heterocycles. The van der Waals surface area contributed by atoms with Crippen LogP contribution in [0.15, 0.2) is 66.9 Å². The first-order valence-electron chi connectivity index (χ1n) is 13.3. The van der Waals surface area contributed by atoms with Crippen molar-refractivity contribution in [1.29, 1.82) is 0 Å². The minimum atomic E-state index is -0.508. The lowest BCUT2D eigenvalue weighted by Crippen LogP contribution is -2.48. The molecule has 1 aromatic heterocycles. The van der Waals surface area contributed by atoms with Crippen molar-refractivity contribution < 1.29 is 9.59 Å². The van der Waals surface area contributed by atoms with Crippen molar-refractivity contribution in [1.82, 2.24) is 30.5 Å². The first-order chi connectivity index (χ1) is 18.1. The van der Waals surface area contributed by atoms with Crippen LogP contribution >= 0.6 is 0 Å². The number of aryl methyl sites for hydroxylation is 1. The lowest BCUT2D eigenvalue weighted by Gasteiger charge is -2.32. The van der Waals surface area contributed by atoms with E-state index in [1.54, 1.807) is 0 Å². The zero-order valence-corrected chi connectivity index (χ0v) is 21.7. The van der Waals surface area contributed by atoms with Gasteiger partial charge in [0.05, 0.1) is 6.20 Å². The number of amides is 2. The Balaban J connectivity index is 1.16. The summed E-state index contributed by atoms with van der Waals surface area (Å²) in [7, 11) is 0. The first-order valence-corrected chi connectivity index (χ1v) is 13.3. The largest absolute Gasteiger partial charge is 0.354 e. The summed E-state index contributed by atoms with van der Waals surface area (Å²) >= 11 is 0. The van der Waals surface area contributed by atoms with Gasteiger partial charge in [0.15, 0.2) is 0 Å². The zero-order chi connectivity index (χ0) is 25.9. The highest BCUT2D eigenvalue weighted by Crippen LogP contribution is 2.19. The first kappa shape index (κ1) is 26.5. The molecular weight excluding hydrogens is 464 g/mol. The van der Waals surface area contributed by atoms with Crippen molar-refractivity contribution in [3.63, 3.8) is 0 Å². The van der Waals surface area contributed by atoms with Crippen LogP contribution in [-0.2, 0) is 22.7 Å². The maximum absolute atomic E-state index is 12.9. The van der Waals surface area contributed by atoms with Crippen LogP contribution in [-0.4, -0.2) is 57.4 Å². The number of likely N-dealkylation sites (tertiary alicyclic amines) is 1. The van der Waals surface area contributed by atoms with E-state index in [1.165, 1.54) is 12.5 Å². The third-order valence-electron chi connectivity index (χ3n) is 6.95. The number of carbonyl (C=O) groups is 2. The van der Waals surface area contributed by atoms with Crippen LogP contribution in [0, 0.1) is 5.92 Å². The molecule has 1 atom stereocenters. The Morgan fingerprint density at radius 3 is 2.41 bits per heavy atom. The van der Waals surface area contributed by atoms with E-state index < -0.39 is 6.04 Å². The quantitative estimate of drug-likeness (QED) is 0.369. The standard InChI is InChI=1S/C29H38N6O2/c1-23(36)31-27(14-8-9-17-35-22-28(32-33-35)26-12-6-3-7-13-26)29(37)30-20-24-15-18-34(19-16-24)21-25-10-4-2-5-11-25/h2-7,10-13,22,24,27H,8-9,14-21H2,1H3,(H,30,37)(H,31,36)/t27-/m0/s1. The van der Waals surface area contributed by atoms with E-state index in [2.05, 4.69) is 50.1 Å². The minimum absolute atomic E-state index is 0.0889. The normalized spacial score (nSPS) is 15.3. The van der Waals surface area contributed by atoms with Gasteiger partial charge in [0.1, 0.15) is 11.7 Å². The monoisotopic (exact) mass is 502 g/mol. The predicted molar refractivity (Wildman–Crippen MR) is 144 cm³/mol. The summed E-state index contributed by atoms with van der Waals surface area (Å²) in [5.74, 6) is 0.201. The number of nitrogens with zero attached hydrogens (tertiary/aromatic N) is 4. The summed E-state index contributed by atoms with van der Waals surface area (Å²) in [6.07, 6.45) is 6.33. The van der Waals surface area contributed by atoms with Crippen LogP contribution < -0.4 is 10.6 Å². The van der Waals surface area contributed by atoms with Gasteiger partial charge in [0.25, 0.3) is 0 Å². The Morgan fingerprint density at radius 2 is 1.70 bits per heavy atom. The number of rotatable bonds is 12. The molecule has 37 heavy (non-hydrogen) atoms. The highest BCUT2D eigenvalue weighted by Gasteiger charge is 2.23. The van der Waals surface area contributed by atoms with E-state index in [4.69, 9.17) is 0 Å². The summed E-state index contributed by atoms with van der Waals surface area (Å²) in [5, 5.41) is 14.4. The molecule has 0 saturated carbocycles. The van der Waals surface area contributed by atoms with Gasteiger partial charge in [-0.25, -0.2) is 0 Å². The van der Waals surface area contributed by atoms with E-state index >= 15 is 0 Å². The fourth-order valence-electron chi connectivity index (χ4n) is 4.84. The molecule has 3 aromatic rings. The number of piperidine rings is 1. The summed E-state index contributed by atoms with van der Waals surface area (Å²) < 4.78 is 1.83. The van der Waals surface area contributed by atoms with Gasteiger partial charge < -0.3 is 10.6 Å². The summed E-state index contributed by atoms with van der Waals surface area (Å²) in [5.41, 5.74) is 3.23. The van der Waals surface area contributed by atoms with Crippen LogP contribution in [0.5, 0.6) is 0 Å². The molecule has 2 N–H and O–H groups in total. The lowest BCUT2D eigenvalue weighted by atomic mass is 9.96. The Kier molecular flexibility index (Phi) is 9.82. The molecule has 1 aliphatic rings. The Morgan fingerprint density at radius 1 is 1.00 bits per heavy atom. The maximum Gasteiger partial charge on any atom is 0.242 e. The molecule has 8 heteroatoms. The molecule has 4 rings (SSSR count). The number of hydrogen-bond donors (Lipinski definition) is 2. The Labute approximate surface area is 219 Å². The Bertz CT molecular complexity index is 1110. The van der Waals surface area contributed by atoms with Crippen molar-refractivity contribution in [3.8, 4) is 11.3 Å². The van der Waals surface area contributed by atoms with Gasteiger partial charge in [-0.2, -0.15) is 0 Å². The second-order valence-electron chi connectivity index (χ2n) is 9.93. The van der Waals surface area contributed by atoms with Gasteiger partial charge in [0.2, 0.25) is 11.8 Å². The van der Waals surface area contributed by atoms with Crippen molar-refractivity contribution in [3.05, 3.63) is 72.4 Å². The predicted octanol–water partition coefficient (Wildman–Crippen LogP) is 3.65. The smallest absolute Gasteiger partial charge is 0.242 e. The third-order valence-corrected chi connectivity index (χ3v) is 6.95. The number of hydrogen-bond acceptors (Lipinski definition) is 5. The van der Waals surface area contributed by atoms with Crippen molar-refractivity contribution in [2.24, 2.45) is 5.92 Å². The molecule has 2 aromatic carbocycles. The van der Waals surface area contributed by atoms with E-state index in [1.807, 2.05) is 47.3 Å². The van der Waals surface area contributed by atoms with Crippen LogP contribution in [0.2, 0.25) is 0 Å².